The van der Waals surface area contributed by atoms with Gasteiger partial charge in [-0.3, -0.25) is 0 Å². The lowest BCUT2D eigenvalue weighted by molar-refractivity contribution is -0.0354. The molecule has 0 aromatic heterocycles. The second kappa shape index (κ2) is 7.34. The fraction of sp³-hybridized carbons (Fsp3) is 0.650. The Morgan fingerprint density at radius 2 is 2.12 bits per heavy atom. The predicted molar refractivity (Wildman–Crippen MR) is 95.4 cm³/mol. The minimum Gasteiger partial charge on any atom is -0.444 e. The van der Waals surface area contributed by atoms with Crippen molar-refractivity contribution in [3.05, 3.63) is 35.4 Å². The van der Waals surface area contributed by atoms with Crippen molar-refractivity contribution in [2.24, 2.45) is 5.92 Å². The Bertz CT molecular complexity index is 610. The summed E-state index contributed by atoms with van der Waals surface area (Å²) in [7, 11) is 0. The third kappa shape index (κ3) is 4.53. The van der Waals surface area contributed by atoms with Gasteiger partial charge < -0.3 is 19.5 Å². The Labute approximate surface area is 149 Å². The molecule has 0 saturated carbocycles. The average Bonchev–Trinajstić information content (AvgIpc) is 2.55. The number of nitrogens with zero attached hydrogens (tertiary/aromatic N) is 1. The number of carbonyl (C=O) groups is 1. The summed E-state index contributed by atoms with van der Waals surface area (Å²) in [6.45, 7) is 7.36. The molecule has 1 aromatic carbocycles. The van der Waals surface area contributed by atoms with Crippen LogP contribution < -0.4 is 0 Å². The largest absolute Gasteiger partial charge is 0.444 e. The molecule has 2 aliphatic rings. The molecule has 0 spiro atoms. The Morgan fingerprint density at radius 3 is 2.88 bits per heavy atom. The molecule has 5 nitrogen and oxygen atoms in total. The number of fused-ring (bicyclic) bond motifs is 1. The Morgan fingerprint density at radius 1 is 1.36 bits per heavy atom. The molecule has 2 aliphatic heterocycles. The minimum absolute atomic E-state index is 0.00238. The van der Waals surface area contributed by atoms with Crippen LogP contribution in [0.1, 0.15) is 50.8 Å². The molecule has 2 heterocycles. The first-order valence-corrected chi connectivity index (χ1v) is 9.19. The van der Waals surface area contributed by atoms with E-state index in [0.717, 1.165) is 12.8 Å². The molecule has 3 rings (SSSR count). The highest BCUT2D eigenvalue weighted by Crippen LogP contribution is 2.35. The van der Waals surface area contributed by atoms with E-state index in [2.05, 4.69) is 18.2 Å². The minimum atomic E-state index is -0.506. The number of amides is 1. The molecule has 1 N–H and O–H groups in total. The molecule has 1 saturated heterocycles. The number of hydrogen-bond donors (Lipinski definition) is 1. The van der Waals surface area contributed by atoms with Crippen LogP contribution >= 0.6 is 0 Å². The highest BCUT2D eigenvalue weighted by Gasteiger charge is 2.35. The zero-order valence-corrected chi connectivity index (χ0v) is 15.4. The zero-order valence-electron chi connectivity index (χ0n) is 15.4. The van der Waals surface area contributed by atoms with Gasteiger partial charge in [-0.2, -0.15) is 0 Å². The molecule has 1 fully saturated rings. The Balaban J connectivity index is 1.66. The number of hydrogen-bond acceptors (Lipinski definition) is 4. The van der Waals surface area contributed by atoms with Gasteiger partial charge in [0.15, 0.2) is 0 Å². The number of ether oxygens (including phenoxy) is 2. The van der Waals surface area contributed by atoms with Crippen LogP contribution in [0.15, 0.2) is 24.3 Å². The Hall–Kier alpha value is -1.59. The first-order chi connectivity index (χ1) is 11.8. The number of piperidine rings is 1. The van der Waals surface area contributed by atoms with Crippen molar-refractivity contribution in [2.75, 3.05) is 19.7 Å². The van der Waals surface area contributed by atoms with Crippen molar-refractivity contribution >= 4 is 6.09 Å². The summed E-state index contributed by atoms with van der Waals surface area (Å²) in [5.74, 6) is -0.00238. The molecule has 1 amide bonds. The van der Waals surface area contributed by atoms with Gasteiger partial charge in [-0.25, -0.2) is 4.79 Å². The van der Waals surface area contributed by atoms with Gasteiger partial charge in [-0.1, -0.05) is 24.3 Å². The van der Waals surface area contributed by atoms with Crippen molar-refractivity contribution in [2.45, 2.75) is 57.8 Å². The highest BCUT2D eigenvalue weighted by molar-refractivity contribution is 5.68. The van der Waals surface area contributed by atoms with E-state index in [0.29, 0.717) is 26.1 Å². The SMILES string of the molecule is CC(C)(C)OC(=O)N1CCC(O)C(CC2OCCc3ccccc32)C1. The van der Waals surface area contributed by atoms with Gasteiger partial charge in [0, 0.05) is 19.0 Å². The maximum Gasteiger partial charge on any atom is 0.410 e. The molecular formula is C20H29NO4. The highest BCUT2D eigenvalue weighted by atomic mass is 16.6. The fourth-order valence-corrected chi connectivity index (χ4v) is 3.69. The van der Waals surface area contributed by atoms with E-state index < -0.39 is 11.7 Å². The summed E-state index contributed by atoms with van der Waals surface area (Å²) >= 11 is 0. The first-order valence-electron chi connectivity index (χ1n) is 9.19. The Kier molecular flexibility index (Phi) is 5.35. The quantitative estimate of drug-likeness (QED) is 0.892. The molecule has 1 aromatic rings. The zero-order chi connectivity index (χ0) is 18.0. The third-order valence-corrected chi connectivity index (χ3v) is 4.95. The maximum atomic E-state index is 12.3. The van der Waals surface area contributed by atoms with Gasteiger partial charge in [-0.05, 0) is 51.2 Å². The number of aliphatic hydroxyl groups is 1. The van der Waals surface area contributed by atoms with Gasteiger partial charge in [0.1, 0.15) is 5.60 Å². The van der Waals surface area contributed by atoms with E-state index in [9.17, 15) is 9.90 Å². The van der Waals surface area contributed by atoms with Gasteiger partial charge >= 0.3 is 6.09 Å². The number of rotatable bonds is 2. The van der Waals surface area contributed by atoms with Crippen LogP contribution in [0, 0.1) is 5.92 Å². The van der Waals surface area contributed by atoms with Crippen molar-refractivity contribution < 1.29 is 19.4 Å². The topological polar surface area (TPSA) is 59.0 Å². The lowest BCUT2D eigenvalue weighted by atomic mass is 9.85. The van der Waals surface area contributed by atoms with Crippen LogP contribution in [0.5, 0.6) is 0 Å². The molecular weight excluding hydrogens is 318 g/mol. The van der Waals surface area contributed by atoms with Crippen molar-refractivity contribution in [3.63, 3.8) is 0 Å². The van der Waals surface area contributed by atoms with Crippen LogP contribution in [0.25, 0.3) is 0 Å². The molecule has 3 unspecified atom stereocenters. The van der Waals surface area contributed by atoms with Gasteiger partial charge in [-0.15, -0.1) is 0 Å². The maximum absolute atomic E-state index is 12.3. The number of carbonyl (C=O) groups excluding carboxylic acids is 1. The first kappa shape index (κ1) is 18.2. The molecule has 25 heavy (non-hydrogen) atoms. The van der Waals surface area contributed by atoms with E-state index in [1.54, 1.807) is 4.90 Å². The molecule has 0 radical (unpaired) electrons. The van der Waals surface area contributed by atoms with Crippen molar-refractivity contribution in [1.82, 2.24) is 4.90 Å². The monoisotopic (exact) mass is 347 g/mol. The van der Waals surface area contributed by atoms with Crippen LogP contribution in [-0.2, 0) is 15.9 Å². The number of benzene rings is 1. The number of likely N-dealkylation sites (tertiary alicyclic amines) is 1. The third-order valence-electron chi connectivity index (χ3n) is 4.95. The smallest absolute Gasteiger partial charge is 0.410 e. The molecule has 5 heteroatoms. The second-order valence-electron chi connectivity index (χ2n) is 8.09. The van der Waals surface area contributed by atoms with E-state index >= 15 is 0 Å². The second-order valence-corrected chi connectivity index (χ2v) is 8.09. The summed E-state index contributed by atoms with van der Waals surface area (Å²) < 4.78 is 11.5. The summed E-state index contributed by atoms with van der Waals surface area (Å²) in [5.41, 5.74) is 2.04. The van der Waals surface area contributed by atoms with Crippen LogP contribution in [0.2, 0.25) is 0 Å². The lowest BCUT2D eigenvalue weighted by Gasteiger charge is -2.39. The predicted octanol–water partition coefficient (Wildman–Crippen LogP) is 3.31. The molecule has 3 atom stereocenters. The number of aliphatic hydroxyl groups excluding tert-OH is 1. The summed E-state index contributed by atoms with van der Waals surface area (Å²) in [4.78, 5) is 14.1. The van der Waals surface area contributed by atoms with E-state index in [4.69, 9.17) is 9.47 Å². The lowest BCUT2D eigenvalue weighted by Crippen LogP contribution is -2.48. The van der Waals surface area contributed by atoms with E-state index in [1.165, 1.54) is 11.1 Å². The van der Waals surface area contributed by atoms with Crippen molar-refractivity contribution in [1.29, 1.82) is 0 Å². The van der Waals surface area contributed by atoms with Gasteiger partial charge in [0.25, 0.3) is 0 Å². The van der Waals surface area contributed by atoms with Crippen LogP contribution in [-0.4, -0.2) is 47.5 Å². The molecule has 138 valence electrons. The van der Waals surface area contributed by atoms with Gasteiger partial charge in [0.05, 0.1) is 18.8 Å². The summed E-state index contributed by atoms with van der Waals surface area (Å²) in [6, 6.07) is 8.35. The standard InChI is InChI=1S/C20H29NO4/c1-20(2,3)25-19(23)21-10-8-17(22)15(13-21)12-18-16-7-5-4-6-14(16)9-11-24-18/h4-7,15,17-18,22H,8-13H2,1-3H3. The summed E-state index contributed by atoms with van der Waals surface area (Å²) in [5, 5.41) is 10.4. The van der Waals surface area contributed by atoms with Crippen LogP contribution in [0.4, 0.5) is 4.79 Å². The average molecular weight is 347 g/mol. The normalized spacial score (nSPS) is 26.9. The molecule has 0 aliphatic carbocycles. The summed E-state index contributed by atoms with van der Waals surface area (Å²) in [6.07, 6.45) is 1.52. The van der Waals surface area contributed by atoms with E-state index in [-0.39, 0.29) is 18.1 Å². The fourth-order valence-electron chi connectivity index (χ4n) is 3.69. The molecule has 0 bridgehead atoms. The van der Waals surface area contributed by atoms with Crippen molar-refractivity contribution in [3.8, 4) is 0 Å². The van der Waals surface area contributed by atoms with E-state index in [1.807, 2.05) is 26.8 Å². The van der Waals surface area contributed by atoms with Crippen LogP contribution in [0.3, 0.4) is 0 Å². The van der Waals surface area contributed by atoms with Gasteiger partial charge in [0.2, 0.25) is 0 Å².